The number of hydrogen-bond acceptors (Lipinski definition) is 4. The molecule has 52 valence electrons. The van der Waals surface area contributed by atoms with Crippen molar-refractivity contribution in [2.75, 3.05) is 0 Å². The molecule has 0 bridgehead atoms. The van der Waals surface area contributed by atoms with Crippen LogP contribution >= 0.6 is 0 Å². The van der Waals surface area contributed by atoms with E-state index < -0.39 is 4.92 Å². The maximum absolute atomic E-state index is 9.88. The number of nitrogens with one attached hydrogen (secondary N) is 1. The Labute approximate surface area is 56.9 Å². The first-order valence-electron chi connectivity index (χ1n) is 2.59. The predicted molar refractivity (Wildman–Crippen MR) is 35.8 cm³/mol. The smallest absolute Gasteiger partial charge is 0.257 e. The van der Waals surface area contributed by atoms with E-state index in [0.29, 0.717) is 5.70 Å². The average Bonchev–Trinajstić information content (AvgIpc) is 1.88. The summed E-state index contributed by atoms with van der Waals surface area (Å²) in [5, 5.41) is 12.5. The zero-order chi connectivity index (χ0) is 7.40. The third kappa shape index (κ3) is 1.70. The molecule has 0 aromatic carbocycles. The molecule has 0 saturated carbocycles. The molecule has 0 aromatic rings. The van der Waals surface area contributed by atoms with Crippen LogP contribution in [0, 0.1) is 10.1 Å². The number of nitro groups is 1. The van der Waals surface area contributed by atoms with E-state index in [2.05, 4.69) is 10.3 Å². The Morgan fingerprint density at radius 2 is 2.60 bits per heavy atom. The van der Waals surface area contributed by atoms with Crippen LogP contribution in [0.15, 0.2) is 29.2 Å². The lowest BCUT2D eigenvalue weighted by molar-refractivity contribution is -0.403. The van der Waals surface area contributed by atoms with E-state index in [-0.39, 0.29) is 0 Å². The summed E-state index contributed by atoms with van der Waals surface area (Å²) in [5.41, 5.74) is 0.431. The van der Waals surface area contributed by atoms with Crippen molar-refractivity contribution in [3.05, 3.63) is 34.3 Å². The van der Waals surface area contributed by atoms with Gasteiger partial charge in [0.1, 0.15) is 5.70 Å². The van der Waals surface area contributed by atoms with E-state index in [9.17, 15) is 10.1 Å². The first-order valence-corrected chi connectivity index (χ1v) is 2.59. The quantitative estimate of drug-likeness (QED) is 0.418. The van der Waals surface area contributed by atoms with E-state index >= 15 is 0 Å². The van der Waals surface area contributed by atoms with Crippen LogP contribution < -0.4 is 5.32 Å². The van der Waals surface area contributed by atoms with Gasteiger partial charge < -0.3 is 5.32 Å². The van der Waals surface area contributed by atoms with E-state index in [1.165, 1.54) is 18.6 Å². The Bertz CT molecular complexity index is 229. The second-order valence-corrected chi connectivity index (χ2v) is 1.61. The molecular formula is C5H5N3O2. The maximum Gasteiger partial charge on any atom is 0.257 e. The van der Waals surface area contributed by atoms with Gasteiger partial charge in [0.25, 0.3) is 6.20 Å². The summed E-state index contributed by atoms with van der Waals surface area (Å²) in [7, 11) is 0. The third-order valence-electron chi connectivity index (χ3n) is 0.890. The second kappa shape index (κ2) is 2.77. The minimum absolute atomic E-state index is 0.431. The highest BCUT2D eigenvalue weighted by atomic mass is 16.6. The molecule has 0 unspecified atom stereocenters. The van der Waals surface area contributed by atoms with Crippen LogP contribution in [-0.2, 0) is 0 Å². The van der Waals surface area contributed by atoms with Crippen molar-refractivity contribution in [2.45, 2.75) is 0 Å². The highest BCUT2D eigenvalue weighted by Gasteiger charge is 1.97. The largest absolute Gasteiger partial charge is 0.341 e. The van der Waals surface area contributed by atoms with Gasteiger partial charge in [0.05, 0.1) is 11.3 Å². The second-order valence-electron chi connectivity index (χ2n) is 1.61. The van der Waals surface area contributed by atoms with Crippen LogP contribution in [0.25, 0.3) is 0 Å². The van der Waals surface area contributed by atoms with Gasteiger partial charge in [-0.3, -0.25) is 10.1 Å². The lowest BCUT2D eigenvalue weighted by Crippen LogP contribution is -2.12. The fourth-order valence-corrected chi connectivity index (χ4v) is 0.520. The van der Waals surface area contributed by atoms with E-state index in [4.69, 9.17) is 0 Å². The summed E-state index contributed by atoms with van der Waals surface area (Å²) in [4.78, 5) is 13.0. The molecule has 1 aliphatic rings. The van der Waals surface area contributed by atoms with Crippen molar-refractivity contribution in [2.24, 2.45) is 4.99 Å². The van der Waals surface area contributed by atoms with Crippen molar-refractivity contribution >= 4 is 6.34 Å². The van der Waals surface area contributed by atoms with E-state index in [0.717, 1.165) is 6.20 Å². The van der Waals surface area contributed by atoms with Crippen LogP contribution in [0.4, 0.5) is 0 Å². The summed E-state index contributed by atoms with van der Waals surface area (Å²) in [5.74, 6) is 0. The molecule has 1 rings (SSSR count). The molecular weight excluding hydrogens is 134 g/mol. The zero-order valence-electron chi connectivity index (χ0n) is 5.02. The highest BCUT2D eigenvalue weighted by Crippen LogP contribution is 1.94. The summed E-state index contributed by atoms with van der Waals surface area (Å²) < 4.78 is 0. The Kier molecular flexibility index (Phi) is 1.79. The lowest BCUT2D eigenvalue weighted by atomic mass is 10.4. The van der Waals surface area contributed by atoms with Gasteiger partial charge in [-0.1, -0.05) is 0 Å². The molecule has 1 heterocycles. The molecule has 5 nitrogen and oxygen atoms in total. The predicted octanol–water partition coefficient (Wildman–Crippen LogP) is 0.250. The van der Waals surface area contributed by atoms with Gasteiger partial charge in [0.15, 0.2) is 0 Å². The van der Waals surface area contributed by atoms with Crippen LogP contribution in [0.1, 0.15) is 0 Å². The van der Waals surface area contributed by atoms with Crippen molar-refractivity contribution in [1.29, 1.82) is 0 Å². The molecule has 0 atom stereocenters. The molecule has 0 aliphatic carbocycles. The average molecular weight is 139 g/mol. The standard InChI is InChI=1S/C5H5N3O2/c9-8(10)3-5-1-2-6-4-7-5/h1-4H,(H,6,7)/b5-3-. The van der Waals surface area contributed by atoms with Crippen molar-refractivity contribution in [1.82, 2.24) is 5.32 Å². The number of rotatable bonds is 1. The molecule has 0 radical (unpaired) electrons. The van der Waals surface area contributed by atoms with Gasteiger partial charge in [0, 0.05) is 6.20 Å². The van der Waals surface area contributed by atoms with Crippen LogP contribution in [0.3, 0.4) is 0 Å². The Balaban J connectivity index is 2.67. The first kappa shape index (κ1) is 6.47. The SMILES string of the molecule is O=[N+]([O-])/C=C1/C=CN=CN1. The van der Waals surface area contributed by atoms with Crippen LogP contribution in [-0.4, -0.2) is 11.3 Å². The number of nitrogens with zero attached hydrogens (tertiary/aromatic N) is 2. The molecule has 1 aliphatic heterocycles. The van der Waals surface area contributed by atoms with Gasteiger partial charge in [-0.15, -0.1) is 0 Å². The summed E-state index contributed by atoms with van der Waals surface area (Å²) in [6, 6.07) is 0. The molecule has 1 N–H and O–H groups in total. The van der Waals surface area contributed by atoms with Gasteiger partial charge >= 0.3 is 0 Å². The Morgan fingerprint density at radius 1 is 1.80 bits per heavy atom. The topological polar surface area (TPSA) is 67.5 Å². The van der Waals surface area contributed by atoms with Crippen molar-refractivity contribution in [3.63, 3.8) is 0 Å². The molecule has 0 amide bonds. The molecule has 0 fully saturated rings. The van der Waals surface area contributed by atoms with Gasteiger partial charge in [-0.05, 0) is 6.08 Å². The summed E-state index contributed by atoms with van der Waals surface area (Å²) in [6.45, 7) is 0. The number of hydrogen-bond donors (Lipinski definition) is 1. The fraction of sp³-hybridized carbons (Fsp3) is 0. The van der Waals surface area contributed by atoms with E-state index in [1.54, 1.807) is 0 Å². The summed E-state index contributed by atoms with van der Waals surface area (Å²) >= 11 is 0. The number of allylic oxidation sites excluding steroid dienone is 1. The summed E-state index contributed by atoms with van der Waals surface area (Å²) in [6.07, 6.45) is 5.26. The minimum atomic E-state index is -0.522. The number of aliphatic imine (C=N–C) groups is 1. The molecule has 0 spiro atoms. The normalized spacial score (nSPS) is 19.0. The Hall–Kier alpha value is -1.65. The van der Waals surface area contributed by atoms with Crippen LogP contribution in [0.5, 0.6) is 0 Å². The fourth-order valence-electron chi connectivity index (χ4n) is 0.520. The minimum Gasteiger partial charge on any atom is -0.341 e. The van der Waals surface area contributed by atoms with Gasteiger partial charge in [0.2, 0.25) is 0 Å². The first-order chi connectivity index (χ1) is 4.79. The zero-order valence-corrected chi connectivity index (χ0v) is 5.02. The van der Waals surface area contributed by atoms with Crippen LogP contribution in [0.2, 0.25) is 0 Å². The lowest BCUT2D eigenvalue weighted by Gasteiger charge is -1.98. The monoisotopic (exact) mass is 139 g/mol. The van der Waals surface area contributed by atoms with E-state index in [1.807, 2.05) is 0 Å². The molecule has 5 heteroatoms. The third-order valence-corrected chi connectivity index (χ3v) is 0.890. The highest BCUT2D eigenvalue weighted by molar-refractivity contribution is 5.61. The molecule has 0 saturated heterocycles. The van der Waals surface area contributed by atoms with Crippen molar-refractivity contribution < 1.29 is 4.92 Å². The molecule has 0 aromatic heterocycles. The molecule has 10 heavy (non-hydrogen) atoms. The van der Waals surface area contributed by atoms with Gasteiger partial charge in [-0.25, -0.2) is 4.99 Å². The van der Waals surface area contributed by atoms with Crippen molar-refractivity contribution in [3.8, 4) is 0 Å². The van der Waals surface area contributed by atoms with Gasteiger partial charge in [-0.2, -0.15) is 0 Å². The maximum atomic E-state index is 9.88. The Morgan fingerprint density at radius 3 is 3.10 bits per heavy atom.